The molecule has 0 saturated carbocycles. The van der Waals surface area contributed by atoms with E-state index >= 15 is 0 Å². The molecule has 2 heterocycles. The zero-order valence-corrected chi connectivity index (χ0v) is 15.8. The third kappa shape index (κ3) is 4.21. The molecular formula is C19H21N3O4S. The number of furan rings is 1. The number of rotatable bonds is 5. The summed E-state index contributed by atoms with van der Waals surface area (Å²) in [4.78, 5) is 12.6. The number of sulfonamides is 1. The van der Waals surface area contributed by atoms with E-state index in [4.69, 9.17) is 9.68 Å². The summed E-state index contributed by atoms with van der Waals surface area (Å²) in [5, 5.41) is 11.7. The number of nitrogens with zero attached hydrogens (tertiary/aromatic N) is 2. The van der Waals surface area contributed by atoms with Gasteiger partial charge in [0.05, 0.1) is 28.8 Å². The van der Waals surface area contributed by atoms with E-state index in [0.29, 0.717) is 24.2 Å². The fourth-order valence-corrected chi connectivity index (χ4v) is 4.62. The van der Waals surface area contributed by atoms with Crippen molar-refractivity contribution in [2.75, 3.05) is 13.1 Å². The second-order valence-electron chi connectivity index (χ2n) is 6.56. The number of nitrogens with one attached hydrogen (secondary N) is 1. The van der Waals surface area contributed by atoms with Crippen LogP contribution in [0.3, 0.4) is 0 Å². The van der Waals surface area contributed by atoms with E-state index in [1.54, 1.807) is 18.4 Å². The highest BCUT2D eigenvalue weighted by molar-refractivity contribution is 7.89. The molecule has 1 atom stereocenters. The number of hydrogen-bond acceptors (Lipinski definition) is 5. The Morgan fingerprint density at radius 1 is 1.26 bits per heavy atom. The van der Waals surface area contributed by atoms with E-state index in [1.807, 2.05) is 13.0 Å². The van der Waals surface area contributed by atoms with E-state index in [0.717, 1.165) is 0 Å². The number of carbonyl (C=O) groups is 1. The lowest BCUT2D eigenvalue weighted by Gasteiger charge is -2.31. The molecule has 0 spiro atoms. The van der Waals surface area contributed by atoms with Crippen LogP contribution in [0.2, 0.25) is 0 Å². The Hall–Kier alpha value is -2.63. The molecule has 1 aliphatic rings. The lowest BCUT2D eigenvalue weighted by molar-refractivity contribution is -0.126. The van der Waals surface area contributed by atoms with Gasteiger partial charge in [-0.1, -0.05) is 0 Å². The Balaban J connectivity index is 1.59. The van der Waals surface area contributed by atoms with Crippen molar-refractivity contribution in [3.8, 4) is 6.07 Å². The van der Waals surface area contributed by atoms with Gasteiger partial charge < -0.3 is 9.73 Å². The first-order valence-electron chi connectivity index (χ1n) is 8.76. The number of piperidine rings is 1. The van der Waals surface area contributed by atoms with Crippen molar-refractivity contribution < 1.29 is 17.6 Å². The van der Waals surface area contributed by atoms with Crippen LogP contribution in [0.1, 0.15) is 37.1 Å². The maximum atomic E-state index is 12.7. The molecule has 27 heavy (non-hydrogen) atoms. The van der Waals surface area contributed by atoms with Gasteiger partial charge in [0.25, 0.3) is 0 Å². The Morgan fingerprint density at radius 3 is 2.48 bits per heavy atom. The highest BCUT2D eigenvalue weighted by Gasteiger charge is 2.32. The number of carbonyl (C=O) groups excluding carboxylic acids is 1. The Morgan fingerprint density at radius 2 is 1.93 bits per heavy atom. The minimum Gasteiger partial charge on any atom is -0.467 e. The van der Waals surface area contributed by atoms with E-state index in [2.05, 4.69) is 5.32 Å². The molecule has 0 aliphatic carbocycles. The van der Waals surface area contributed by atoms with Gasteiger partial charge in [-0.2, -0.15) is 9.57 Å². The van der Waals surface area contributed by atoms with Gasteiger partial charge in [-0.15, -0.1) is 0 Å². The SMILES string of the molecule is C[C@@H](NC(=O)C1CCN(S(=O)(=O)c2ccc(C#N)cc2)CC1)c1ccco1. The summed E-state index contributed by atoms with van der Waals surface area (Å²) in [7, 11) is -3.62. The van der Waals surface area contributed by atoms with Gasteiger partial charge in [0, 0.05) is 19.0 Å². The first-order valence-corrected chi connectivity index (χ1v) is 10.2. The van der Waals surface area contributed by atoms with Crippen LogP contribution in [0.25, 0.3) is 0 Å². The molecule has 1 amide bonds. The molecule has 0 unspecified atom stereocenters. The van der Waals surface area contributed by atoms with Crippen molar-refractivity contribution in [2.24, 2.45) is 5.92 Å². The van der Waals surface area contributed by atoms with Crippen LogP contribution < -0.4 is 5.32 Å². The molecule has 1 fully saturated rings. The molecule has 1 aromatic carbocycles. The van der Waals surface area contributed by atoms with Gasteiger partial charge in [0.1, 0.15) is 5.76 Å². The molecule has 3 rings (SSSR count). The first-order chi connectivity index (χ1) is 12.9. The zero-order valence-electron chi connectivity index (χ0n) is 15.0. The van der Waals surface area contributed by atoms with Crippen molar-refractivity contribution >= 4 is 15.9 Å². The van der Waals surface area contributed by atoms with Gasteiger partial charge in [-0.05, 0) is 56.2 Å². The summed E-state index contributed by atoms with van der Waals surface area (Å²) in [5.41, 5.74) is 0.412. The van der Waals surface area contributed by atoms with Crippen LogP contribution in [0.5, 0.6) is 0 Å². The van der Waals surface area contributed by atoms with Crippen LogP contribution in [0.15, 0.2) is 52.0 Å². The second kappa shape index (κ2) is 7.94. The Labute approximate surface area is 158 Å². The van der Waals surface area contributed by atoms with Crippen LogP contribution in [0.4, 0.5) is 0 Å². The number of hydrogen-bond donors (Lipinski definition) is 1. The average Bonchev–Trinajstić information content (AvgIpc) is 3.23. The summed E-state index contributed by atoms with van der Waals surface area (Å²) >= 11 is 0. The molecule has 8 heteroatoms. The van der Waals surface area contributed by atoms with Gasteiger partial charge in [-0.25, -0.2) is 8.42 Å². The molecule has 0 bridgehead atoms. The standard InChI is InChI=1S/C19H21N3O4S/c1-14(18-3-2-12-26-18)21-19(23)16-8-10-22(11-9-16)27(24,25)17-6-4-15(13-20)5-7-17/h2-7,12,14,16H,8-11H2,1H3,(H,21,23)/t14-/m1/s1. The predicted octanol–water partition coefficient (Wildman–Crippen LogP) is 2.43. The molecule has 0 radical (unpaired) electrons. The Bertz CT molecular complexity index is 922. The summed E-state index contributed by atoms with van der Waals surface area (Å²) in [6.45, 7) is 2.42. The molecular weight excluding hydrogens is 366 g/mol. The highest BCUT2D eigenvalue weighted by Crippen LogP contribution is 2.25. The van der Waals surface area contributed by atoms with Crippen molar-refractivity contribution in [2.45, 2.75) is 30.7 Å². The molecule has 2 aromatic rings. The van der Waals surface area contributed by atoms with Crippen LogP contribution in [-0.2, 0) is 14.8 Å². The maximum Gasteiger partial charge on any atom is 0.243 e. The van der Waals surface area contributed by atoms with Crippen molar-refractivity contribution in [1.29, 1.82) is 5.26 Å². The van der Waals surface area contributed by atoms with Crippen LogP contribution in [0, 0.1) is 17.2 Å². The number of amides is 1. The Kier molecular flexibility index (Phi) is 5.63. The monoisotopic (exact) mass is 387 g/mol. The van der Waals surface area contributed by atoms with Gasteiger partial charge >= 0.3 is 0 Å². The van der Waals surface area contributed by atoms with Gasteiger partial charge in [0.2, 0.25) is 15.9 Å². The second-order valence-corrected chi connectivity index (χ2v) is 8.50. The minimum atomic E-state index is -3.62. The summed E-state index contributed by atoms with van der Waals surface area (Å²) in [6, 6.07) is 11.2. The molecule has 142 valence electrons. The zero-order chi connectivity index (χ0) is 19.4. The fourth-order valence-electron chi connectivity index (χ4n) is 3.15. The molecule has 7 nitrogen and oxygen atoms in total. The van der Waals surface area contributed by atoms with Crippen molar-refractivity contribution in [3.63, 3.8) is 0 Å². The van der Waals surface area contributed by atoms with E-state index in [9.17, 15) is 13.2 Å². The molecule has 1 aliphatic heterocycles. The van der Waals surface area contributed by atoms with E-state index in [-0.39, 0.29) is 35.9 Å². The van der Waals surface area contributed by atoms with Gasteiger partial charge in [-0.3, -0.25) is 4.79 Å². The molecule has 1 saturated heterocycles. The summed E-state index contributed by atoms with van der Waals surface area (Å²) in [6.07, 6.45) is 2.49. The smallest absolute Gasteiger partial charge is 0.243 e. The highest BCUT2D eigenvalue weighted by atomic mass is 32.2. The van der Waals surface area contributed by atoms with Crippen LogP contribution >= 0.6 is 0 Å². The molecule has 1 aromatic heterocycles. The van der Waals surface area contributed by atoms with Crippen LogP contribution in [-0.4, -0.2) is 31.7 Å². The summed E-state index contributed by atoms with van der Waals surface area (Å²) in [5.74, 6) is 0.369. The minimum absolute atomic E-state index is 0.0886. The summed E-state index contributed by atoms with van der Waals surface area (Å²) < 4.78 is 32.1. The average molecular weight is 387 g/mol. The lowest BCUT2D eigenvalue weighted by Crippen LogP contribution is -2.43. The normalized spacial score (nSPS) is 17.2. The van der Waals surface area contributed by atoms with E-state index in [1.165, 1.54) is 28.6 Å². The number of benzene rings is 1. The number of nitriles is 1. The topological polar surface area (TPSA) is 103 Å². The van der Waals surface area contributed by atoms with E-state index < -0.39 is 10.0 Å². The third-order valence-corrected chi connectivity index (χ3v) is 6.69. The molecule has 1 N–H and O–H groups in total. The quantitative estimate of drug-likeness (QED) is 0.849. The maximum absolute atomic E-state index is 12.7. The van der Waals surface area contributed by atoms with Crippen molar-refractivity contribution in [3.05, 3.63) is 54.0 Å². The predicted molar refractivity (Wildman–Crippen MR) is 97.9 cm³/mol. The first kappa shape index (κ1) is 19.1. The fraction of sp³-hybridized carbons (Fsp3) is 0.368. The van der Waals surface area contributed by atoms with Crippen molar-refractivity contribution in [1.82, 2.24) is 9.62 Å². The lowest BCUT2D eigenvalue weighted by atomic mass is 9.97. The van der Waals surface area contributed by atoms with Gasteiger partial charge in [0.15, 0.2) is 0 Å². The third-order valence-electron chi connectivity index (χ3n) is 4.77. The largest absolute Gasteiger partial charge is 0.467 e.